The number of aromatic amines is 1. The minimum Gasteiger partial charge on any atom is -0.368 e. The van der Waals surface area contributed by atoms with Gasteiger partial charge in [-0.25, -0.2) is 5.10 Å². The zero-order valence-electron chi connectivity index (χ0n) is 7.99. The van der Waals surface area contributed by atoms with Crippen molar-refractivity contribution in [1.29, 1.82) is 0 Å². The van der Waals surface area contributed by atoms with Gasteiger partial charge in [0.15, 0.2) is 0 Å². The van der Waals surface area contributed by atoms with E-state index in [2.05, 4.69) is 15.2 Å². The van der Waals surface area contributed by atoms with Crippen molar-refractivity contribution in [3.05, 3.63) is 0 Å². The highest BCUT2D eigenvalue weighted by Crippen LogP contribution is 2.43. The number of hydrogen-bond acceptors (Lipinski definition) is 5. The predicted molar refractivity (Wildman–Crippen MR) is 56.9 cm³/mol. The topological polar surface area (TPSA) is 93.6 Å². The van der Waals surface area contributed by atoms with Gasteiger partial charge in [-0.2, -0.15) is 4.98 Å². The molecule has 0 spiro atoms. The maximum absolute atomic E-state index is 5.81. The van der Waals surface area contributed by atoms with Gasteiger partial charge in [0.1, 0.15) is 0 Å². The van der Waals surface area contributed by atoms with Crippen LogP contribution in [0, 0.1) is 0 Å². The van der Waals surface area contributed by atoms with Gasteiger partial charge < -0.3 is 11.5 Å². The SMILES string of the molecule is NCC1(Sc2n[nH]c(N)n2)CCCC1. The lowest BCUT2D eigenvalue weighted by Crippen LogP contribution is -2.30. The first kappa shape index (κ1) is 9.79. The van der Waals surface area contributed by atoms with Crippen LogP contribution in [-0.2, 0) is 0 Å². The Morgan fingerprint density at radius 1 is 1.43 bits per heavy atom. The van der Waals surface area contributed by atoms with Crippen LogP contribution in [0.15, 0.2) is 5.16 Å². The van der Waals surface area contributed by atoms with Gasteiger partial charge >= 0.3 is 0 Å². The molecule has 0 unspecified atom stereocenters. The van der Waals surface area contributed by atoms with Crippen molar-refractivity contribution in [2.75, 3.05) is 12.3 Å². The lowest BCUT2D eigenvalue weighted by molar-refractivity contribution is 0.616. The number of nitrogens with two attached hydrogens (primary N) is 2. The number of H-pyrrole nitrogens is 1. The van der Waals surface area contributed by atoms with Gasteiger partial charge in [-0.05, 0) is 12.8 Å². The van der Waals surface area contributed by atoms with E-state index in [1.54, 1.807) is 11.8 Å². The van der Waals surface area contributed by atoms with Gasteiger partial charge in [-0.3, -0.25) is 0 Å². The summed E-state index contributed by atoms with van der Waals surface area (Å²) >= 11 is 1.66. The highest BCUT2D eigenvalue weighted by Gasteiger charge is 2.34. The van der Waals surface area contributed by atoms with E-state index in [4.69, 9.17) is 11.5 Å². The molecule has 0 atom stereocenters. The zero-order chi connectivity index (χ0) is 10.0. The van der Waals surface area contributed by atoms with Gasteiger partial charge in [0.2, 0.25) is 11.1 Å². The summed E-state index contributed by atoms with van der Waals surface area (Å²) in [7, 11) is 0. The van der Waals surface area contributed by atoms with Gasteiger partial charge in [0, 0.05) is 11.3 Å². The molecule has 1 aromatic rings. The third-order valence-electron chi connectivity index (χ3n) is 2.68. The Hall–Kier alpha value is -0.750. The summed E-state index contributed by atoms with van der Waals surface area (Å²) in [5.74, 6) is 0.373. The van der Waals surface area contributed by atoms with Crippen LogP contribution in [0.1, 0.15) is 25.7 Å². The molecule has 0 aromatic carbocycles. The summed E-state index contributed by atoms with van der Waals surface area (Å²) < 4.78 is 0.147. The van der Waals surface area contributed by atoms with Gasteiger partial charge in [0.25, 0.3) is 0 Å². The van der Waals surface area contributed by atoms with Crippen molar-refractivity contribution in [2.45, 2.75) is 35.6 Å². The molecule has 0 aliphatic heterocycles. The number of anilines is 1. The van der Waals surface area contributed by atoms with Crippen LogP contribution in [0.4, 0.5) is 5.95 Å². The lowest BCUT2D eigenvalue weighted by atomic mass is 10.1. The molecule has 0 saturated heterocycles. The lowest BCUT2D eigenvalue weighted by Gasteiger charge is -2.24. The Morgan fingerprint density at radius 2 is 2.14 bits per heavy atom. The first-order chi connectivity index (χ1) is 6.74. The highest BCUT2D eigenvalue weighted by molar-refractivity contribution is 8.00. The maximum Gasteiger partial charge on any atom is 0.216 e. The first-order valence-electron chi connectivity index (χ1n) is 4.81. The molecular weight excluding hydrogens is 198 g/mol. The van der Waals surface area contributed by atoms with E-state index in [0.29, 0.717) is 12.5 Å². The fourth-order valence-corrected chi connectivity index (χ4v) is 3.06. The minimum absolute atomic E-state index is 0.147. The second-order valence-corrected chi connectivity index (χ2v) is 5.13. The molecule has 5 N–H and O–H groups in total. The zero-order valence-corrected chi connectivity index (χ0v) is 8.81. The van der Waals surface area contributed by atoms with E-state index in [-0.39, 0.29) is 4.75 Å². The maximum atomic E-state index is 5.81. The van der Waals surface area contributed by atoms with Crippen LogP contribution in [0.2, 0.25) is 0 Å². The van der Waals surface area contributed by atoms with E-state index in [1.165, 1.54) is 12.8 Å². The normalized spacial score (nSPS) is 20.1. The van der Waals surface area contributed by atoms with Crippen molar-refractivity contribution < 1.29 is 0 Å². The predicted octanol–water partition coefficient (Wildman–Crippen LogP) is 0.750. The van der Waals surface area contributed by atoms with E-state index in [9.17, 15) is 0 Å². The molecule has 0 radical (unpaired) electrons. The standard InChI is InChI=1S/C8H15N5S/c9-5-8(3-1-2-4-8)14-7-11-6(10)12-13-7/h1-5,9H2,(H3,10,11,12,13). The van der Waals surface area contributed by atoms with E-state index < -0.39 is 0 Å². The van der Waals surface area contributed by atoms with Gasteiger partial charge in [-0.1, -0.05) is 24.6 Å². The van der Waals surface area contributed by atoms with Crippen LogP contribution in [0.3, 0.4) is 0 Å². The van der Waals surface area contributed by atoms with Crippen molar-refractivity contribution in [3.63, 3.8) is 0 Å². The Kier molecular flexibility index (Phi) is 2.64. The number of nitrogens with zero attached hydrogens (tertiary/aromatic N) is 2. The monoisotopic (exact) mass is 213 g/mol. The minimum atomic E-state index is 0.147. The van der Waals surface area contributed by atoms with E-state index in [0.717, 1.165) is 18.0 Å². The smallest absolute Gasteiger partial charge is 0.216 e. The second kappa shape index (κ2) is 3.78. The Labute approximate surface area is 87.0 Å². The summed E-state index contributed by atoms with van der Waals surface area (Å²) in [6, 6.07) is 0. The van der Waals surface area contributed by atoms with Gasteiger partial charge in [0.05, 0.1) is 0 Å². The van der Waals surface area contributed by atoms with Crippen molar-refractivity contribution >= 4 is 17.7 Å². The molecule has 1 aliphatic rings. The fourth-order valence-electron chi connectivity index (χ4n) is 1.86. The summed E-state index contributed by atoms with van der Waals surface area (Å²) in [5, 5.41) is 7.37. The number of aromatic nitrogens is 3. The molecule has 6 heteroatoms. The first-order valence-corrected chi connectivity index (χ1v) is 5.63. The molecule has 78 valence electrons. The molecule has 2 rings (SSSR count). The van der Waals surface area contributed by atoms with Crippen LogP contribution < -0.4 is 11.5 Å². The van der Waals surface area contributed by atoms with Crippen LogP contribution in [0.5, 0.6) is 0 Å². The molecule has 5 nitrogen and oxygen atoms in total. The third kappa shape index (κ3) is 1.85. The number of nitrogen functional groups attached to an aromatic ring is 1. The van der Waals surface area contributed by atoms with Crippen molar-refractivity contribution in [3.8, 4) is 0 Å². The molecule has 1 aromatic heterocycles. The molecule has 0 bridgehead atoms. The molecule has 1 heterocycles. The summed E-state index contributed by atoms with van der Waals surface area (Å²) in [4.78, 5) is 4.09. The number of nitrogens with one attached hydrogen (secondary N) is 1. The van der Waals surface area contributed by atoms with E-state index in [1.807, 2.05) is 0 Å². The molecule has 1 fully saturated rings. The number of rotatable bonds is 3. The third-order valence-corrected chi connectivity index (χ3v) is 4.05. The average molecular weight is 213 g/mol. The van der Waals surface area contributed by atoms with Crippen molar-refractivity contribution in [1.82, 2.24) is 15.2 Å². The fraction of sp³-hybridized carbons (Fsp3) is 0.750. The summed E-state index contributed by atoms with van der Waals surface area (Å²) in [6.45, 7) is 0.687. The Bertz CT molecular complexity index is 304. The largest absolute Gasteiger partial charge is 0.368 e. The molecular formula is C8H15N5S. The second-order valence-electron chi connectivity index (χ2n) is 3.70. The van der Waals surface area contributed by atoms with Crippen LogP contribution in [0.25, 0.3) is 0 Å². The van der Waals surface area contributed by atoms with Crippen LogP contribution in [-0.4, -0.2) is 26.5 Å². The Balaban J connectivity index is 2.08. The van der Waals surface area contributed by atoms with E-state index >= 15 is 0 Å². The molecule has 1 aliphatic carbocycles. The molecule has 1 saturated carbocycles. The van der Waals surface area contributed by atoms with Crippen molar-refractivity contribution in [2.24, 2.45) is 5.73 Å². The molecule has 0 amide bonds. The number of thioether (sulfide) groups is 1. The molecule has 14 heavy (non-hydrogen) atoms. The Morgan fingerprint density at radius 3 is 2.64 bits per heavy atom. The average Bonchev–Trinajstić information content (AvgIpc) is 2.77. The number of hydrogen-bond donors (Lipinski definition) is 3. The van der Waals surface area contributed by atoms with Crippen LogP contribution >= 0.6 is 11.8 Å². The van der Waals surface area contributed by atoms with Gasteiger partial charge in [-0.15, -0.1) is 5.10 Å². The quantitative estimate of drug-likeness (QED) is 0.689. The highest BCUT2D eigenvalue weighted by atomic mass is 32.2. The summed E-state index contributed by atoms with van der Waals surface area (Å²) in [6.07, 6.45) is 4.82. The summed E-state index contributed by atoms with van der Waals surface area (Å²) in [5.41, 5.74) is 11.3.